The van der Waals surface area contributed by atoms with Crippen molar-refractivity contribution < 1.29 is 9.59 Å². The summed E-state index contributed by atoms with van der Waals surface area (Å²) in [5, 5.41) is 0. The molecule has 0 unspecified atom stereocenters. The molecule has 0 heterocycles. The average molecular weight is 316 g/mol. The predicted molar refractivity (Wildman–Crippen MR) is 90.9 cm³/mol. The van der Waals surface area contributed by atoms with Crippen LogP contribution in [-0.4, -0.2) is 11.6 Å². The van der Waals surface area contributed by atoms with Gasteiger partial charge in [-0.15, -0.1) is 0 Å². The van der Waals surface area contributed by atoms with Crippen LogP contribution in [0.5, 0.6) is 0 Å². The first kappa shape index (κ1) is 15.8. The van der Waals surface area contributed by atoms with E-state index in [1.165, 1.54) is 32.1 Å². The number of hydrogen-bond donors (Lipinski definition) is 0. The first-order valence-electron chi connectivity index (χ1n) is 9.88. The van der Waals surface area contributed by atoms with Crippen molar-refractivity contribution in [2.45, 2.75) is 78.6 Å². The molecule has 0 aromatic heterocycles. The molecule has 0 saturated heterocycles. The van der Waals surface area contributed by atoms with Crippen LogP contribution in [0.25, 0.3) is 0 Å². The van der Waals surface area contributed by atoms with Crippen LogP contribution < -0.4 is 0 Å². The van der Waals surface area contributed by atoms with Gasteiger partial charge in [0.2, 0.25) is 0 Å². The fraction of sp³-hybridized carbons (Fsp3) is 0.905. The van der Waals surface area contributed by atoms with E-state index in [0.29, 0.717) is 28.8 Å². The van der Waals surface area contributed by atoms with Crippen LogP contribution >= 0.6 is 0 Å². The van der Waals surface area contributed by atoms with Crippen molar-refractivity contribution in [1.29, 1.82) is 0 Å². The second-order valence-electron chi connectivity index (χ2n) is 9.68. The minimum absolute atomic E-state index is 0.265. The van der Waals surface area contributed by atoms with Crippen LogP contribution in [0.3, 0.4) is 0 Å². The molecule has 4 fully saturated rings. The molecule has 4 aliphatic carbocycles. The van der Waals surface area contributed by atoms with Crippen LogP contribution in [0.2, 0.25) is 0 Å². The summed E-state index contributed by atoms with van der Waals surface area (Å²) in [6, 6.07) is 0. The van der Waals surface area contributed by atoms with Gasteiger partial charge in [-0.3, -0.25) is 9.59 Å². The van der Waals surface area contributed by atoms with Crippen LogP contribution in [0.1, 0.15) is 78.6 Å². The summed E-state index contributed by atoms with van der Waals surface area (Å²) < 4.78 is 0. The highest BCUT2D eigenvalue weighted by atomic mass is 16.1. The van der Waals surface area contributed by atoms with E-state index in [1.807, 2.05) is 6.92 Å². The van der Waals surface area contributed by atoms with E-state index in [-0.39, 0.29) is 5.41 Å². The molecule has 7 atom stereocenters. The number of ketones is 2. The highest BCUT2D eigenvalue weighted by Crippen LogP contribution is 2.67. The number of Topliss-reactive ketones (excluding diaryl/α,β-unsaturated/α-hetero) is 2. The number of carbonyl (C=O) groups is 2. The van der Waals surface area contributed by atoms with E-state index in [4.69, 9.17) is 0 Å². The molecular formula is C21H32O2. The molecule has 2 nitrogen and oxygen atoms in total. The molecule has 4 rings (SSSR count). The van der Waals surface area contributed by atoms with Crippen molar-refractivity contribution in [1.82, 2.24) is 0 Å². The molecule has 2 heteroatoms. The Morgan fingerprint density at radius 3 is 2.43 bits per heavy atom. The lowest BCUT2D eigenvalue weighted by Gasteiger charge is -2.60. The average Bonchev–Trinajstić information content (AvgIpc) is 2.85. The predicted octanol–water partition coefficient (Wildman–Crippen LogP) is 4.80. The Labute approximate surface area is 140 Å². The summed E-state index contributed by atoms with van der Waals surface area (Å²) in [5.41, 5.74) is 0.660. The maximum Gasteiger partial charge on any atom is 0.133 e. The molecule has 23 heavy (non-hydrogen) atoms. The molecule has 0 bridgehead atoms. The van der Waals surface area contributed by atoms with E-state index in [0.717, 1.165) is 43.4 Å². The van der Waals surface area contributed by atoms with Gasteiger partial charge in [0.15, 0.2) is 0 Å². The smallest absolute Gasteiger partial charge is 0.133 e. The Kier molecular flexibility index (Phi) is 3.56. The van der Waals surface area contributed by atoms with Crippen molar-refractivity contribution in [3.8, 4) is 0 Å². The molecule has 0 aromatic carbocycles. The number of carbonyl (C=O) groups excluding carboxylic acids is 2. The lowest BCUT2D eigenvalue weighted by Crippen LogP contribution is -2.53. The van der Waals surface area contributed by atoms with Gasteiger partial charge in [0.25, 0.3) is 0 Å². The third kappa shape index (κ3) is 2.12. The Morgan fingerprint density at radius 1 is 0.957 bits per heavy atom. The molecule has 4 aliphatic rings. The zero-order valence-electron chi connectivity index (χ0n) is 15.1. The van der Waals surface area contributed by atoms with Crippen LogP contribution in [0.15, 0.2) is 0 Å². The third-order valence-corrected chi connectivity index (χ3v) is 8.97. The summed E-state index contributed by atoms with van der Waals surface area (Å²) >= 11 is 0. The summed E-state index contributed by atoms with van der Waals surface area (Å²) in [4.78, 5) is 24.1. The SMILES string of the molecule is CC(=O)[C@@H]1CC[C@@H]2[C@H]3CC[C@H]4CC(=O)CC[C@@]4(C)[C@@H]3CC[C@]21C. The molecule has 0 amide bonds. The van der Waals surface area contributed by atoms with Gasteiger partial charge in [0.1, 0.15) is 11.6 Å². The minimum atomic E-state index is 0.265. The largest absolute Gasteiger partial charge is 0.300 e. The topological polar surface area (TPSA) is 34.1 Å². The van der Waals surface area contributed by atoms with Gasteiger partial charge >= 0.3 is 0 Å². The Morgan fingerprint density at radius 2 is 1.70 bits per heavy atom. The van der Waals surface area contributed by atoms with E-state index in [2.05, 4.69) is 13.8 Å². The molecule has 0 radical (unpaired) electrons. The summed E-state index contributed by atoms with van der Waals surface area (Å²) in [7, 11) is 0. The quantitative estimate of drug-likeness (QED) is 0.696. The van der Waals surface area contributed by atoms with E-state index >= 15 is 0 Å². The monoisotopic (exact) mass is 316 g/mol. The van der Waals surface area contributed by atoms with Crippen molar-refractivity contribution >= 4 is 11.6 Å². The lowest BCUT2D eigenvalue weighted by molar-refractivity contribution is -0.143. The van der Waals surface area contributed by atoms with E-state index in [1.54, 1.807) is 0 Å². The van der Waals surface area contributed by atoms with Gasteiger partial charge in [-0.25, -0.2) is 0 Å². The van der Waals surface area contributed by atoms with Crippen LogP contribution in [-0.2, 0) is 9.59 Å². The maximum absolute atomic E-state index is 12.2. The van der Waals surface area contributed by atoms with Gasteiger partial charge in [-0.05, 0) is 86.4 Å². The molecule has 0 N–H and O–H groups in total. The third-order valence-electron chi connectivity index (χ3n) is 8.97. The molecule has 128 valence electrons. The molecule has 4 saturated carbocycles. The van der Waals surface area contributed by atoms with Gasteiger partial charge in [-0.2, -0.15) is 0 Å². The Bertz CT molecular complexity index is 538. The second-order valence-corrected chi connectivity index (χ2v) is 9.68. The summed E-state index contributed by atoms with van der Waals surface area (Å²) in [5.74, 6) is 4.25. The van der Waals surface area contributed by atoms with Gasteiger partial charge < -0.3 is 0 Å². The van der Waals surface area contributed by atoms with Crippen molar-refractivity contribution in [2.24, 2.45) is 40.4 Å². The first-order valence-corrected chi connectivity index (χ1v) is 9.88. The van der Waals surface area contributed by atoms with Crippen LogP contribution in [0, 0.1) is 40.4 Å². The second kappa shape index (κ2) is 5.17. The van der Waals surface area contributed by atoms with Crippen molar-refractivity contribution in [3.05, 3.63) is 0 Å². The zero-order chi connectivity index (χ0) is 16.4. The fourth-order valence-corrected chi connectivity index (χ4v) is 7.71. The number of hydrogen-bond acceptors (Lipinski definition) is 2. The zero-order valence-corrected chi connectivity index (χ0v) is 15.1. The number of rotatable bonds is 1. The Balaban J connectivity index is 1.63. The van der Waals surface area contributed by atoms with Crippen molar-refractivity contribution in [3.63, 3.8) is 0 Å². The fourth-order valence-electron chi connectivity index (χ4n) is 7.71. The van der Waals surface area contributed by atoms with Gasteiger partial charge in [0.05, 0.1) is 0 Å². The molecular weight excluding hydrogens is 284 g/mol. The van der Waals surface area contributed by atoms with E-state index < -0.39 is 0 Å². The number of fused-ring (bicyclic) bond motifs is 5. The Hall–Kier alpha value is -0.660. The first-order chi connectivity index (χ1) is 10.9. The molecule has 0 aliphatic heterocycles. The lowest BCUT2D eigenvalue weighted by atomic mass is 9.44. The van der Waals surface area contributed by atoms with Gasteiger partial charge in [-0.1, -0.05) is 13.8 Å². The summed E-state index contributed by atoms with van der Waals surface area (Å²) in [6.45, 7) is 6.74. The highest BCUT2D eigenvalue weighted by molar-refractivity contribution is 5.80. The van der Waals surface area contributed by atoms with Crippen LogP contribution in [0.4, 0.5) is 0 Å². The maximum atomic E-state index is 12.2. The summed E-state index contributed by atoms with van der Waals surface area (Å²) in [6.07, 6.45) is 10.3. The normalized spacial score (nSPS) is 52.5. The van der Waals surface area contributed by atoms with E-state index in [9.17, 15) is 9.59 Å². The highest BCUT2D eigenvalue weighted by Gasteiger charge is 2.60. The minimum Gasteiger partial charge on any atom is -0.300 e. The van der Waals surface area contributed by atoms with Crippen molar-refractivity contribution in [2.75, 3.05) is 0 Å². The standard InChI is InChI=1S/C21H32O2/c1-13(22)17-6-7-18-16-5-4-14-12-15(23)8-10-20(14,2)19(16)9-11-21(17,18)3/h14,16-19H,4-12H2,1-3H3/t14-,16+,17-,18+,19+,20+,21-/m0/s1. The van der Waals surface area contributed by atoms with Gasteiger partial charge in [0, 0.05) is 18.8 Å². The molecule has 0 spiro atoms. The molecule has 0 aromatic rings.